The first kappa shape index (κ1) is 15.8. The van der Waals surface area contributed by atoms with Crippen molar-refractivity contribution in [2.75, 3.05) is 14.2 Å². The van der Waals surface area contributed by atoms with Crippen LogP contribution >= 0.6 is 23.1 Å². The van der Waals surface area contributed by atoms with E-state index in [2.05, 4.69) is 15.1 Å². The third kappa shape index (κ3) is 3.65. The van der Waals surface area contributed by atoms with Crippen LogP contribution in [0.4, 0.5) is 0 Å². The minimum absolute atomic E-state index is 0.496. The molecule has 3 aromatic rings. The van der Waals surface area contributed by atoms with Gasteiger partial charge in [-0.2, -0.15) is 4.98 Å². The van der Waals surface area contributed by atoms with Crippen molar-refractivity contribution in [3.05, 3.63) is 35.2 Å². The van der Waals surface area contributed by atoms with Gasteiger partial charge >= 0.3 is 0 Å². The molecular formula is C15H15N3O3S2. The Morgan fingerprint density at radius 1 is 1.22 bits per heavy atom. The minimum atomic E-state index is 0.496. The predicted molar refractivity (Wildman–Crippen MR) is 89.3 cm³/mol. The van der Waals surface area contributed by atoms with Crippen molar-refractivity contribution in [2.24, 2.45) is 0 Å². The molecule has 3 rings (SSSR count). The normalized spacial score (nSPS) is 10.7. The molecule has 0 amide bonds. The number of rotatable bonds is 6. The summed E-state index contributed by atoms with van der Waals surface area (Å²) in [5.41, 5.74) is 1.78. The van der Waals surface area contributed by atoms with Gasteiger partial charge in [-0.1, -0.05) is 16.9 Å². The second kappa shape index (κ2) is 7.01. The van der Waals surface area contributed by atoms with Crippen molar-refractivity contribution in [1.29, 1.82) is 0 Å². The lowest BCUT2D eigenvalue weighted by atomic mass is 10.2. The number of hydrogen-bond donors (Lipinski definition) is 0. The molecule has 0 spiro atoms. The van der Waals surface area contributed by atoms with Crippen molar-refractivity contribution in [1.82, 2.24) is 15.1 Å². The average Bonchev–Trinajstić information content (AvgIpc) is 3.21. The molecule has 0 aliphatic rings. The third-order valence-electron chi connectivity index (χ3n) is 3.03. The van der Waals surface area contributed by atoms with E-state index in [0.29, 0.717) is 29.0 Å². The van der Waals surface area contributed by atoms with Gasteiger partial charge in [0.25, 0.3) is 0 Å². The molecule has 120 valence electrons. The number of nitrogens with zero attached hydrogens (tertiary/aromatic N) is 3. The van der Waals surface area contributed by atoms with E-state index in [-0.39, 0.29) is 0 Å². The van der Waals surface area contributed by atoms with Crippen molar-refractivity contribution in [3.8, 4) is 22.9 Å². The van der Waals surface area contributed by atoms with Crippen LogP contribution in [0.15, 0.2) is 32.4 Å². The van der Waals surface area contributed by atoms with E-state index >= 15 is 0 Å². The molecule has 0 saturated carbocycles. The van der Waals surface area contributed by atoms with Gasteiger partial charge in [0.2, 0.25) is 11.7 Å². The Bertz CT molecular complexity index is 801. The maximum atomic E-state index is 5.37. The summed E-state index contributed by atoms with van der Waals surface area (Å²) in [5.74, 6) is 2.98. The zero-order valence-electron chi connectivity index (χ0n) is 12.9. The Labute approximate surface area is 141 Å². The summed E-state index contributed by atoms with van der Waals surface area (Å²) in [6.45, 7) is 1.97. The van der Waals surface area contributed by atoms with Gasteiger partial charge in [-0.3, -0.25) is 0 Å². The standard InChI is InChI=1S/C15H15N3O3S2/c1-9-7-22-15(16-9)23-8-13-17-14(18-21-13)11-5-4-10(19-2)6-12(11)20-3/h4-7H,8H2,1-3H3. The van der Waals surface area contributed by atoms with Crippen LogP contribution in [0.2, 0.25) is 0 Å². The van der Waals surface area contributed by atoms with E-state index in [9.17, 15) is 0 Å². The summed E-state index contributed by atoms with van der Waals surface area (Å²) >= 11 is 3.19. The van der Waals surface area contributed by atoms with Crippen LogP contribution < -0.4 is 9.47 Å². The van der Waals surface area contributed by atoms with Crippen molar-refractivity contribution in [2.45, 2.75) is 17.0 Å². The van der Waals surface area contributed by atoms with Crippen LogP contribution in [0.3, 0.4) is 0 Å². The zero-order chi connectivity index (χ0) is 16.2. The molecule has 0 saturated heterocycles. The van der Waals surface area contributed by atoms with E-state index in [4.69, 9.17) is 14.0 Å². The monoisotopic (exact) mass is 349 g/mol. The van der Waals surface area contributed by atoms with E-state index in [1.165, 1.54) is 0 Å². The summed E-state index contributed by atoms with van der Waals surface area (Å²) in [4.78, 5) is 8.82. The Kier molecular flexibility index (Phi) is 4.82. The molecule has 0 fully saturated rings. The number of aromatic nitrogens is 3. The van der Waals surface area contributed by atoms with Crippen molar-refractivity contribution in [3.63, 3.8) is 0 Å². The number of hydrogen-bond acceptors (Lipinski definition) is 8. The van der Waals surface area contributed by atoms with Crippen LogP contribution in [0, 0.1) is 6.92 Å². The summed E-state index contributed by atoms with van der Waals surface area (Å²) in [7, 11) is 3.21. The Morgan fingerprint density at radius 3 is 2.78 bits per heavy atom. The summed E-state index contributed by atoms with van der Waals surface area (Å²) in [5, 5.41) is 6.05. The molecule has 0 aliphatic heterocycles. The highest BCUT2D eigenvalue weighted by atomic mass is 32.2. The number of ether oxygens (including phenoxy) is 2. The van der Waals surface area contributed by atoms with E-state index in [0.717, 1.165) is 15.6 Å². The fraction of sp³-hybridized carbons (Fsp3) is 0.267. The minimum Gasteiger partial charge on any atom is -0.497 e. The highest BCUT2D eigenvalue weighted by Gasteiger charge is 2.15. The summed E-state index contributed by atoms with van der Waals surface area (Å²) in [6.07, 6.45) is 0. The Hall–Kier alpha value is -2.06. The molecule has 0 bridgehead atoms. The third-order valence-corrected chi connectivity index (χ3v) is 5.16. The van der Waals surface area contributed by atoms with Gasteiger partial charge < -0.3 is 14.0 Å². The average molecular weight is 349 g/mol. The zero-order valence-corrected chi connectivity index (χ0v) is 14.5. The second-order valence-corrected chi connectivity index (χ2v) is 6.70. The smallest absolute Gasteiger partial charge is 0.237 e. The lowest BCUT2D eigenvalue weighted by Crippen LogP contribution is -1.91. The largest absolute Gasteiger partial charge is 0.497 e. The lowest BCUT2D eigenvalue weighted by Gasteiger charge is -2.07. The van der Waals surface area contributed by atoms with Gasteiger partial charge in [0.05, 0.1) is 25.5 Å². The maximum Gasteiger partial charge on any atom is 0.237 e. The number of methoxy groups -OCH3 is 2. The Morgan fingerprint density at radius 2 is 2.09 bits per heavy atom. The fourth-order valence-corrected chi connectivity index (χ4v) is 3.62. The van der Waals surface area contributed by atoms with E-state index < -0.39 is 0 Å². The van der Waals surface area contributed by atoms with Gasteiger partial charge in [-0.05, 0) is 19.1 Å². The fourth-order valence-electron chi connectivity index (χ4n) is 1.93. The molecule has 0 unspecified atom stereocenters. The van der Waals surface area contributed by atoms with Crippen LogP contribution in [-0.2, 0) is 5.75 Å². The highest BCUT2D eigenvalue weighted by Crippen LogP contribution is 2.32. The van der Waals surface area contributed by atoms with Crippen LogP contribution in [-0.4, -0.2) is 29.3 Å². The van der Waals surface area contributed by atoms with E-state index in [1.54, 1.807) is 43.4 Å². The highest BCUT2D eigenvalue weighted by molar-refractivity contribution is 8.00. The predicted octanol–water partition coefficient (Wildman–Crippen LogP) is 3.81. The number of thiazole rings is 1. The number of aryl methyl sites for hydroxylation is 1. The molecule has 6 nitrogen and oxygen atoms in total. The second-order valence-electron chi connectivity index (χ2n) is 4.62. The lowest BCUT2D eigenvalue weighted by molar-refractivity contribution is 0.388. The molecule has 8 heteroatoms. The summed E-state index contributed by atoms with van der Waals surface area (Å²) in [6, 6.07) is 5.48. The molecule has 2 heterocycles. The maximum absolute atomic E-state index is 5.37. The van der Waals surface area contributed by atoms with Gasteiger partial charge in [0.15, 0.2) is 4.34 Å². The molecule has 23 heavy (non-hydrogen) atoms. The van der Waals surface area contributed by atoms with Gasteiger partial charge in [-0.15, -0.1) is 11.3 Å². The first-order chi connectivity index (χ1) is 11.2. The van der Waals surface area contributed by atoms with Gasteiger partial charge in [-0.25, -0.2) is 4.98 Å². The first-order valence-corrected chi connectivity index (χ1v) is 8.66. The van der Waals surface area contributed by atoms with Gasteiger partial charge in [0, 0.05) is 17.1 Å². The van der Waals surface area contributed by atoms with Crippen molar-refractivity contribution >= 4 is 23.1 Å². The molecule has 0 atom stereocenters. The topological polar surface area (TPSA) is 70.3 Å². The number of benzene rings is 1. The number of thioether (sulfide) groups is 1. The molecule has 1 aromatic carbocycles. The van der Waals surface area contributed by atoms with Gasteiger partial charge in [0.1, 0.15) is 11.5 Å². The Balaban J connectivity index is 1.76. The molecule has 0 radical (unpaired) electrons. The van der Waals surface area contributed by atoms with Crippen LogP contribution in [0.5, 0.6) is 11.5 Å². The first-order valence-electron chi connectivity index (χ1n) is 6.79. The molecule has 2 aromatic heterocycles. The summed E-state index contributed by atoms with van der Waals surface area (Å²) < 4.78 is 16.9. The van der Waals surface area contributed by atoms with E-state index in [1.807, 2.05) is 24.4 Å². The van der Waals surface area contributed by atoms with Crippen LogP contribution in [0.1, 0.15) is 11.6 Å². The molecule has 0 N–H and O–H groups in total. The molecule has 0 aliphatic carbocycles. The molecular weight excluding hydrogens is 334 g/mol. The van der Waals surface area contributed by atoms with Crippen LogP contribution in [0.25, 0.3) is 11.4 Å². The van der Waals surface area contributed by atoms with Crippen molar-refractivity contribution < 1.29 is 14.0 Å². The SMILES string of the molecule is COc1ccc(-c2noc(CSc3nc(C)cs3)n2)c(OC)c1. The quantitative estimate of drug-likeness (QED) is 0.627.